The molecule has 0 spiro atoms. The van der Waals surface area contributed by atoms with Crippen LogP contribution >= 0.6 is 0 Å². The molecule has 1 aromatic carbocycles. The lowest BCUT2D eigenvalue weighted by atomic mass is 9.98. The summed E-state index contributed by atoms with van der Waals surface area (Å²) in [5.41, 5.74) is 1.89. The minimum atomic E-state index is -3.17. The summed E-state index contributed by atoms with van der Waals surface area (Å²) in [6.07, 6.45) is 2.08. The van der Waals surface area contributed by atoms with Crippen molar-refractivity contribution in [2.75, 3.05) is 23.7 Å². The molecule has 2 rings (SSSR count). The van der Waals surface area contributed by atoms with Gasteiger partial charge in [-0.05, 0) is 24.6 Å². The summed E-state index contributed by atoms with van der Waals surface area (Å²) in [5, 5.41) is 3.39. The average molecular weight is 254 g/mol. The third-order valence-electron chi connectivity index (χ3n) is 3.05. The SMILES string of the molecule is CCNC1CCN(S(C)(=O)=O)c2ccccc21. The van der Waals surface area contributed by atoms with Gasteiger partial charge in [-0.2, -0.15) is 0 Å². The maximum atomic E-state index is 11.7. The van der Waals surface area contributed by atoms with Gasteiger partial charge in [-0.15, -0.1) is 0 Å². The highest BCUT2D eigenvalue weighted by Crippen LogP contribution is 2.34. The van der Waals surface area contributed by atoms with Crippen LogP contribution in [0.1, 0.15) is 24.9 Å². The lowest BCUT2D eigenvalue weighted by Crippen LogP contribution is -2.39. The first-order chi connectivity index (χ1) is 8.04. The predicted molar refractivity (Wildman–Crippen MR) is 69.7 cm³/mol. The largest absolute Gasteiger partial charge is 0.310 e. The second-order valence-electron chi connectivity index (χ2n) is 4.29. The van der Waals surface area contributed by atoms with E-state index in [0.717, 1.165) is 24.2 Å². The fourth-order valence-electron chi connectivity index (χ4n) is 2.33. The molecule has 17 heavy (non-hydrogen) atoms. The quantitative estimate of drug-likeness (QED) is 0.889. The maximum Gasteiger partial charge on any atom is 0.232 e. The van der Waals surface area contributed by atoms with Gasteiger partial charge in [0.15, 0.2) is 0 Å². The number of rotatable bonds is 3. The van der Waals surface area contributed by atoms with Gasteiger partial charge in [0.25, 0.3) is 0 Å². The van der Waals surface area contributed by atoms with Crippen LogP contribution < -0.4 is 9.62 Å². The highest BCUT2D eigenvalue weighted by molar-refractivity contribution is 7.92. The minimum absolute atomic E-state index is 0.259. The molecule has 1 unspecified atom stereocenters. The molecular weight excluding hydrogens is 236 g/mol. The minimum Gasteiger partial charge on any atom is -0.310 e. The zero-order valence-corrected chi connectivity index (χ0v) is 11.0. The van der Waals surface area contributed by atoms with Crippen molar-refractivity contribution in [1.82, 2.24) is 5.32 Å². The average Bonchev–Trinajstić information content (AvgIpc) is 2.28. The first-order valence-electron chi connectivity index (χ1n) is 5.84. The zero-order valence-electron chi connectivity index (χ0n) is 10.2. The molecule has 0 aliphatic carbocycles. The van der Waals surface area contributed by atoms with Crippen LogP contribution in [0.25, 0.3) is 0 Å². The van der Waals surface area contributed by atoms with Gasteiger partial charge >= 0.3 is 0 Å². The second-order valence-corrected chi connectivity index (χ2v) is 6.20. The van der Waals surface area contributed by atoms with E-state index in [2.05, 4.69) is 12.2 Å². The topological polar surface area (TPSA) is 49.4 Å². The van der Waals surface area contributed by atoms with E-state index >= 15 is 0 Å². The van der Waals surface area contributed by atoms with Crippen LogP contribution in [0.15, 0.2) is 24.3 Å². The van der Waals surface area contributed by atoms with E-state index in [4.69, 9.17) is 0 Å². The predicted octanol–water partition coefficient (Wildman–Crippen LogP) is 1.51. The second kappa shape index (κ2) is 4.66. The summed E-state index contributed by atoms with van der Waals surface area (Å²) >= 11 is 0. The number of nitrogens with zero attached hydrogens (tertiary/aromatic N) is 1. The Balaban J connectivity index is 2.44. The van der Waals surface area contributed by atoms with E-state index in [1.165, 1.54) is 10.6 Å². The van der Waals surface area contributed by atoms with Gasteiger partial charge in [-0.1, -0.05) is 25.1 Å². The van der Waals surface area contributed by atoms with Crippen LogP contribution in [-0.2, 0) is 10.0 Å². The van der Waals surface area contributed by atoms with Gasteiger partial charge in [0.2, 0.25) is 10.0 Å². The Hall–Kier alpha value is -1.07. The Morgan fingerprint density at radius 3 is 2.76 bits per heavy atom. The van der Waals surface area contributed by atoms with Crippen molar-refractivity contribution >= 4 is 15.7 Å². The lowest BCUT2D eigenvalue weighted by molar-refractivity contribution is 0.502. The normalized spacial score (nSPS) is 20.1. The zero-order chi connectivity index (χ0) is 12.5. The molecule has 4 nitrogen and oxygen atoms in total. The Morgan fingerprint density at radius 2 is 2.12 bits per heavy atom. The summed E-state index contributed by atoms with van der Waals surface area (Å²) in [5.74, 6) is 0. The molecular formula is C12H18N2O2S. The fourth-order valence-corrected chi connectivity index (χ4v) is 3.30. The molecule has 1 aliphatic heterocycles. The summed E-state index contributed by atoms with van der Waals surface area (Å²) in [7, 11) is -3.17. The number of hydrogen-bond acceptors (Lipinski definition) is 3. The highest BCUT2D eigenvalue weighted by Gasteiger charge is 2.28. The lowest BCUT2D eigenvalue weighted by Gasteiger charge is -2.34. The smallest absolute Gasteiger partial charge is 0.232 e. The summed E-state index contributed by atoms with van der Waals surface area (Å²) in [4.78, 5) is 0. The van der Waals surface area contributed by atoms with Crippen molar-refractivity contribution in [3.05, 3.63) is 29.8 Å². The monoisotopic (exact) mass is 254 g/mol. The molecule has 0 bridgehead atoms. The summed E-state index contributed by atoms with van der Waals surface area (Å²) in [6, 6.07) is 7.97. The van der Waals surface area contributed by atoms with Crippen molar-refractivity contribution in [1.29, 1.82) is 0 Å². The third-order valence-corrected chi connectivity index (χ3v) is 4.23. The van der Waals surface area contributed by atoms with E-state index in [1.807, 2.05) is 24.3 Å². The van der Waals surface area contributed by atoms with Crippen LogP contribution in [-0.4, -0.2) is 27.8 Å². The maximum absolute atomic E-state index is 11.7. The van der Waals surface area contributed by atoms with E-state index in [-0.39, 0.29) is 6.04 Å². The number of sulfonamides is 1. The molecule has 0 saturated carbocycles. The van der Waals surface area contributed by atoms with Crippen molar-refractivity contribution in [3.8, 4) is 0 Å². The van der Waals surface area contributed by atoms with Gasteiger partial charge in [-0.3, -0.25) is 4.31 Å². The third kappa shape index (κ3) is 2.45. The van der Waals surface area contributed by atoms with Crippen molar-refractivity contribution in [3.63, 3.8) is 0 Å². The van der Waals surface area contributed by atoms with Crippen molar-refractivity contribution in [2.24, 2.45) is 0 Å². The summed E-state index contributed by atoms with van der Waals surface area (Å²) in [6.45, 7) is 3.50. The first kappa shape index (κ1) is 12.4. The molecule has 0 aromatic heterocycles. The fraction of sp³-hybridized carbons (Fsp3) is 0.500. The molecule has 0 radical (unpaired) electrons. The molecule has 0 saturated heterocycles. The van der Waals surface area contributed by atoms with E-state index in [1.54, 1.807) is 0 Å². The van der Waals surface area contributed by atoms with Crippen molar-refractivity contribution < 1.29 is 8.42 Å². The molecule has 1 atom stereocenters. The van der Waals surface area contributed by atoms with Crippen LogP contribution in [0.5, 0.6) is 0 Å². The number of anilines is 1. The van der Waals surface area contributed by atoms with Crippen LogP contribution in [0.3, 0.4) is 0 Å². The molecule has 1 N–H and O–H groups in total. The molecule has 94 valence electrons. The number of para-hydroxylation sites is 1. The van der Waals surface area contributed by atoms with Crippen LogP contribution in [0.4, 0.5) is 5.69 Å². The van der Waals surface area contributed by atoms with Gasteiger partial charge in [-0.25, -0.2) is 8.42 Å². The van der Waals surface area contributed by atoms with Gasteiger partial charge in [0.05, 0.1) is 11.9 Å². The Kier molecular flexibility index (Phi) is 3.40. The number of benzene rings is 1. The van der Waals surface area contributed by atoms with E-state index in [9.17, 15) is 8.42 Å². The highest BCUT2D eigenvalue weighted by atomic mass is 32.2. The molecule has 1 aliphatic rings. The molecule has 1 aromatic rings. The van der Waals surface area contributed by atoms with Gasteiger partial charge in [0.1, 0.15) is 0 Å². The van der Waals surface area contributed by atoms with Crippen molar-refractivity contribution in [2.45, 2.75) is 19.4 Å². The number of fused-ring (bicyclic) bond motifs is 1. The van der Waals surface area contributed by atoms with E-state index in [0.29, 0.717) is 6.54 Å². The number of nitrogens with one attached hydrogen (secondary N) is 1. The molecule has 0 fully saturated rings. The summed E-state index contributed by atoms with van der Waals surface area (Å²) < 4.78 is 24.9. The molecule has 0 amide bonds. The standard InChI is InChI=1S/C12H18N2O2S/c1-3-13-11-8-9-14(17(2,15)16)12-7-5-4-6-10(11)12/h4-7,11,13H,3,8-9H2,1-2H3. The Labute approximate surface area is 103 Å². The van der Waals surface area contributed by atoms with Crippen LogP contribution in [0, 0.1) is 0 Å². The Bertz CT molecular complexity index is 499. The molecule has 5 heteroatoms. The number of hydrogen-bond donors (Lipinski definition) is 1. The Morgan fingerprint density at radius 1 is 1.41 bits per heavy atom. The van der Waals surface area contributed by atoms with Gasteiger partial charge < -0.3 is 5.32 Å². The first-order valence-corrected chi connectivity index (χ1v) is 7.69. The molecule has 1 heterocycles. The van der Waals surface area contributed by atoms with E-state index < -0.39 is 10.0 Å². The van der Waals surface area contributed by atoms with Gasteiger partial charge in [0, 0.05) is 12.6 Å². The van der Waals surface area contributed by atoms with Crippen LogP contribution in [0.2, 0.25) is 0 Å².